The highest BCUT2D eigenvalue weighted by Gasteiger charge is 2.23. The molecule has 0 saturated carbocycles. The number of rotatable bonds is 4. The lowest BCUT2D eigenvalue weighted by Gasteiger charge is -2.34. The van der Waals surface area contributed by atoms with Gasteiger partial charge < -0.3 is 14.6 Å². The van der Waals surface area contributed by atoms with Gasteiger partial charge in [0.05, 0.1) is 6.54 Å². The molecule has 2 heterocycles. The predicted molar refractivity (Wildman–Crippen MR) is 91.0 cm³/mol. The molecule has 0 spiro atoms. The van der Waals surface area contributed by atoms with Crippen LogP contribution < -0.4 is 5.32 Å². The number of nitrogens with zero attached hydrogens (tertiary/aromatic N) is 4. The van der Waals surface area contributed by atoms with Gasteiger partial charge in [-0.15, -0.1) is 10.2 Å². The van der Waals surface area contributed by atoms with Crippen molar-refractivity contribution >= 4 is 17.5 Å². The third kappa shape index (κ3) is 4.42. The fourth-order valence-electron chi connectivity index (χ4n) is 2.82. The molecule has 2 aromatic rings. The van der Waals surface area contributed by atoms with Gasteiger partial charge in [0, 0.05) is 51.3 Å². The van der Waals surface area contributed by atoms with Crippen molar-refractivity contribution in [2.24, 2.45) is 0 Å². The Kier molecular flexibility index (Phi) is 5.08. The van der Waals surface area contributed by atoms with E-state index in [9.17, 15) is 9.59 Å². The molecule has 0 radical (unpaired) electrons. The summed E-state index contributed by atoms with van der Waals surface area (Å²) in [6.07, 6.45) is 0. The van der Waals surface area contributed by atoms with Crippen LogP contribution in [0.3, 0.4) is 0 Å². The summed E-state index contributed by atoms with van der Waals surface area (Å²) in [4.78, 5) is 27.8. The van der Waals surface area contributed by atoms with Crippen LogP contribution in [-0.4, -0.2) is 58.0 Å². The zero-order chi connectivity index (χ0) is 17.8. The lowest BCUT2D eigenvalue weighted by atomic mass is 10.1. The van der Waals surface area contributed by atoms with E-state index in [1.165, 1.54) is 6.92 Å². The number of amides is 2. The number of piperazine rings is 1. The highest BCUT2D eigenvalue weighted by molar-refractivity contribution is 5.96. The molecule has 25 heavy (non-hydrogen) atoms. The van der Waals surface area contributed by atoms with Crippen LogP contribution in [0.25, 0.3) is 0 Å². The largest absolute Gasteiger partial charge is 0.424 e. The maximum atomic E-state index is 12.7. The number of carbonyl (C=O) groups excluding carboxylic acids is 2. The van der Waals surface area contributed by atoms with Crippen molar-refractivity contribution in [3.8, 4) is 0 Å². The molecule has 1 N–H and O–H groups in total. The Hall–Kier alpha value is -2.74. The Morgan fingerprint density at radius 2 is 1.96 bits per heavy atom. The average Bonchev–Trinajstić information content (AvgIpc) is 2.99. The van der Waals surface area contributed by atoms with Gasteiger partial charge in [0.1, 0.15) is 0 Å². The molecule has 8 heteroatoms. The fourth-order valence-corrected chi connectivity index (χ4v) is 2.82. The van der Waals surface area contributed by atoms with E-state index in [0.29, 0.717) is 42.7 Å². The van der Waals surface area contributed by atoms with E-state index in [-0.39, 0.29) is 11.8 Å². The average molecular weight is 343 g/mol. The van der Waals surface area contributed by atoms with E-state index in [1.54, 1.807) is 31.2 Å². The van der Waals surface area contributed by atoms with Gasteiger partial charge in [-0.25, -0.2) is 0 Å². The van der Waals surface area contributed by atoms with Crippen LogP contribution >= 0.6 is 0 Å². The molecule has 132 valence electrons. The second-order valence-electron chi connectivity index (χ2n) is 6.05. The molecule has 1 aromatic heterocycles. The van der Waals surface area contributed by atoms with Gasteiger partial charge in [-0.2, -0.15) is 0 Å². The molecule has 1 saturated heterocycles. The van der Waals surface area contributed by atoms with Gasteiger partial charge >= 0.3 is 0 Å². The molecule has 1 aliphatic heterocycles. The molecule has 0 bridgehead atoms. The number of aryl methyl sites for hydroxylation is 1. The third-order valence-electron chi connectivity index (χ3n) is 4.02. The quantitative estimate of drug-likeness (QED) is 0.899. The van der Waals surface area contributed by atoms with Gasteiger partial charge in [-0.3, -0.25) is 14.5 Å². The maximum Gasteiger partial charge on any atom is 0.254 e. The minimum absolute atomic E-state index is 0.0273. The molecular formula is C17H21N5O3. The summed E-state index contributed by atoms with van der Waals surface area (Å²) in [6.45, 7) is 6.57. The highest BCUT2D eigenvalue weighted by atomic mass is 16.4. The van der Waals surface area contributed by atoms with E-state index < -0.39 is 0 Å². The molecule has 1 aliphatic rings. The van der Waals surface area contributed by atoms with E-state index >= 15 is 0 Å². The molecule has 1 fully saturated rings. The Morgan fingerprint density at radius 3 is 2.60 bits per heavy atom. The summed E-state index contributed by atoms with van der Waals surface area (Å²) in [5.41, 5.74) is 1.20. The summed E-state index contributed by atoms with van der Waals surface area (Å²) in [5.74, 6) is 0.970. The van der Waals surface area contributed by atoms with Crippen LogP contribution in [0.4, 0.5) is 5.69 Å². The lowest BCUT2D eigenvalue weighted by Crippen LogP contribution is -2.48. The van der Waals surface area contributed by atoms with Crippen LogP contribution in [0.2, 0.25) is 0 Å². The van der Waals surface area contributed by atoms with Crippen LogP contribution in [0.15, 0.2) is 28.7 Å². The molecule has 1 aromatic carbocycles. The van der Waals surface area contributed by atoms with Crippen molar-refractivity contribution < 1.29 is 14.0 Å². The highest BCUT2D eigenvalue weighted by Crippen LogP contribution is 2.15. The molecule has 0 unspecified atom stereocenters. The van der Waals surface area contributed by atoms with E-state index in [1.807, 2.05) is 4.90 Å². The minimum atomic E-state index is -0.158. The van der Waals surface area contributed by atoms with Crippen LogP contribution in [-0.2, 0) is 11.3 Å². The van der Waals surface area contributed by atoms with Crippen LogP contribution in [0.1, 0.15) is 29.1 Å². The zero-order valence-electron chi connectivity index (χ0n) is 14.4. The number of carbonyl (C=O) groups is 2. The third-order valence-corrected chi connectivity index (χ3v) is 4.02. The predicted octanol–water partition coefficient (Wildman–Crippen LogP) is 1.29. The maximum absolute atomic E-state index is 12.7. The van der Waals surface area contributed by atoms with E-state index in [2.05, 4.69) is 20.4 Å². The minimum Gasteiger partial charge on any atom is -0.424 e. The summed E-state index contributed by atoms with van der Waals surface area (Å²) in [6, 6.07) is 7.01. The Morgan fingerprint density at radius 1 is 1.20 bits per heavy atom. The SMILES string of the molecule is CC(=O)Nc1cccc(C(=O)N2CCN(Cc3nnc(C)o3)CC2)c1. The number of benzene rings is 1. The smallest absolute Gasteiger partial charge is 0.254 e. The summed E-state index contributed by atoms with van der Waals surface area (Å²) in [5, 5.41) is 10.5. The van der Waals surface area contributed by atoms with Gasteiger partial charge in [-0.1, -0.05) is 6.07 Å². The second-order valence-corrected chi connectivity index (χ2v) is 6.05. The summed E-state index contributed by atoms with van der Waals surface area (Å²) in [7, 11) is 0. The van der Waals surface area contributed by atoms with Crippen LogP contribution in [0.5, 0.6) is 0 Å². The van der Waals surface area contributed by atoms with E-state index in [4.69, 9.17) is 4.42 Å². The lowest BCUT2D eigenvalue weighted by molar-refractivity contribution is -0.114. The van der Waals surface area contributed by atoms with Crippen LogP contribution in [0, 0.1) is 6.92 Å². The molecule has 0 aliphatic carbocycles. The first-order valence-corrected chi connectivity index (χ1v) is 8.19. The van der Waals surface area contributed by atoms with E-state index in [0.717, 1.165) is 13.1 Å². The Bertz CT molecular complexity index is 765. The first-order chi connectivity index (χ1) is 12.0. The summed E-state index contributed by atoms with van der Waals surface area (Å²) >= 11 is 0. The van der Waals surface area contributed by atoms with Gasteiger partial charge in [0.25, 0.3) is 5.91 Å². The standard InChI is InChI=1S/C17H21N5O3/c1-12(23)18-15-5-3-4-14(10-15)17(24)22-8-6-21(7-9-22)11-16-20-19-13(2)25-16/h3-5,10H,6-9,11H2,1-2H3,(H,18,23). The summed E-state index contributed by atoms with van der Waals surface area (Å²) < 4.78 is 5.40. The van der Waals surface area contributed by atoms with Crippen molar-refractivity contribution in [1.29, 1.82) is 0 Å². The van der Waals surface area contributed by atoms with Crippen molar-refractivity contribution in [3.63, 3.8) is 0 Å². The normalized spacial score (nSPS) is 15.2. The molecule has 2 amide bonds. The van der Waals surface area contributed by atoms with Crippen molar-refractivity contribution in [1.82, 2.24) is 20.0 Å². The Labute approximate surface area is 145 Å². The zero-order valence-corrected chi connectivity index (χ0v) is 14.4. The van der Waals surface area contributed by atoms with Gasteiger partial charge in [0.2, 0.25) is 17.7 Å². The molecular weight excluding hydrogens is 322 g/mol. The first kappa shape index (κ1) is 17.1. The van der Waals surface area contributed by atoms with Crippen molar-refractivity contribution in [2.75, 3.05) is 31.5 Å². The molecule has 0 atom stereocenters. The molecule has 3 rings (SSSR count). The van der Waals surface area contributed by atoms with Gasteiger partial charge in [0.15, 0.2) is 0 Å². The first-order valence-electron chi connectivity index (χ1n) is 8.19. The number of aromatic nitrogens is 2. The number of hydrogen-bond acceptors (Lipinski definition) is 6. The van der Waals surface area contributed by atoms with Crippen molar-refractivity contribution in [2.45, 2.75) is 20.4 Å². The second kappa shape index (κ2) is 7.43. The van der Waals surface area contributed by atoms with Crippen molar-refractivity contribution in [3.05, 3.63) is 41.6 Å². The number of hydrogen-bond donors (Lipinski definition) is 1. The topological polar surface area (TPSA) is 91.6 Å². The number of anilines is 1. The monoisotopic (exact) mass is 343 g/mol. The Balaban J connectivity index is 1.57. The number of nitrogens with one attached hydrogen (secondary N) is 1. The van der Waals surface area contributed by atoms with Gasteiger partial charge in [-0.05, 0) is 18.2 Å². The fraction of sp³-hybridized carbons (Fsp3) is 0.412. The molecule has 8 nitrogen and oxygen atoms in total.